The van der Waals surface area contributed by atoms with E-state index in [2.05, 4.69) is 15.3 Å². The summed E-state index contributed by atoms with van der Waals surface area (Å²) in [5.41, 5.74) is 3.86. The highest BCUT2D eigenvalue weighted by molar-refractivity contribution is 6.15. The number of amidine groups is 1. The maximum Gasteiger partial charge on any atom is 0.145 e. The average Bonchev–Trinajstić information content (AvgIpc) is 3.20. The van der Waals surface area contributed by atoms with Crippen LogP contribution in [0.5, 0.6) is 0 Å². The van der Waals surface area contributed by atoms with E-state index in [1.807, 2.05) is 28.8 Å². The number of fused-ring (bicyclic) bond motifs is 2. The van der Waals surface area contributed by atoms with Crippen molar-refractivity contribution in [2.45, 2.75) is 13.5 Å². The fourth-order valence-corrected chi connectivity index (χ4v) is 3.35. The van der Waals surface area contributed by atoms with Gasteiger partial charge >= 0.3 is 0 Å². The van der Waals surface area contributed by atoms with Crippen molar-refractivity contribution < 1.29 is 4.39 Å². The van der Waals surface area contributed by atoms with E-state index in [9.17, 15) is 4.39 Å². The molecule has 0 spiro atoms. The molecule has 6 nitrogen and oxygen atoms in total. The number of nitrogens with zero attached hydrogens (tertiary/aromatic N) is 5. The SMILES string of the molecule is Cc1cccc(F)c1C1=Nc2cn[nH]c2-c2cnn3c2N1CC3. The number of hydrogen-bond donors (Lipinski definition) is 1. The lowest BCUT2D eigenvalue weighted by Gasteiger charge is -2.21. The van der Waals surface area contributed by atoms with Crippen molar-refractivity contribution in [3.63, 3.8) is 0 Å². The number of aryl methyl sites for hydroxylation is 1. The molecule has 4 heterocycles. The molecule has 2 aliphatic rings. The Kier molecular flexibility index (Phi) is 2.34. The van der Waals surface area contributed by atoms with E-state index in [0.717, 1.165) is 35.7 Å². The van der Waals surface area contributed by atoms with Gasteiger partial charge in [0.2, 0.25) is 0 Å². The first-order valence-electron chi connectivity index (χ1n) is 7.45. The number of nitrogens with one attached hydrogen (secondary N) is 1. The predicted octanol–water partition coefficient (Wildman–Crippen LogP) is 2.63. The fourth-order valence-electron chi connectivity index (χ4n) is 3.35. The second-order valence-electron chi connectivity index (χ2n) is 5.75. The summed E-state index contributed by atoms with van der Waals surface area (Å²) < 4.78 is 16.5. The van der Waals surface area contributed by atoms with Crippen LogP contribution in [0.3, 0.4) is 0 Å². The number of aliphatic imine (C=N–C) groups is 1. The van der Waals surface area contributed by atoms with Gasteiger partial charge in [0.15, 0.2) is 0 Å². The molecule has 0 bridgehead atoms. The Bertz CT molecular complexity index is 947. The van der Waals surface area contributed by atoms with Gasteiger partial charge in [0.1, 0.15) is 23.2 Å². The number of aromatic nitrogens is 4. The highest BCUT2D eigenvalue weighted by atomic mass is 19.1. The molecule has 5 rings (SSSR count). The summed E-state index contributed by atoms with van der Waals surface area (Å²) >= 11 is 0. The smallest absolute Gasteiger partial charge is 0.145 e. The highest BCUT2D eigenvalue weighted by Gasteiger charge is 2.34. The third kappa shape index (κ3) is 1.59. The Labute approximate surface area is 131 Å². The summed E-state index contributed by atoms with van der Waals surface area (Å²) in [6.07, 6.45) is 3.48. The number of rotatable bonds is 1. The number of hydrogen-bond acceptors (Lipinski definition) is 4. The molecule has 2 aromatic heterocycles. The van der Waals surface area contributed by atoms with Gasteiger partial charge in [0.05, 0.1) is 35.8 Å². The zero-order valence-electron chi connectivity index (χ0n) is 12.4. The van der Waals surface area contributed by atoms with E-state index in [1.165, 1.54) is 6.07 Å². The van der Waals surface area contributed by atoms with Crippen molar-refractivity contribution in [3.05, 3.63) is 47.5 Å². The maximum atomic E-state index is 14.5. The first-order valence-corrected chi connectivity index (χ1v) is 7.45. The van der Waals surface area contributed by atoms with Gasteiger partial charge in [-0.05, 0) is 18.6 Å². The number of H-pyrrole nitrogens is 1. The quantitative estimate of drug-likeness (QED) is 0.751. The highest BCUT2D eigenvalue weighted by Crippen LogP contribution is 2.41. The van der Waals surface area contributed by atoms with Crippen LogP contribution < -0.4 is 4.90 Å². The zero-order chi connectivity index (χ0) is 15.6. The molecule has 0 fully saturated rings. The topological polar surface area (TPSA) is 62.1 Å². The Hall–Kier alpha value is -2.96. The lowest BCUT2D eigenvalue weighted by atomic mass is 10.1. The molecular formula is C16H13FN6. The Balaban J connectivity index is 1.84. The predicted molar refractivity (Wildman–Crippen MR) is 84.5 cm³/mol. The van der Waals surface area contributed by atoms with E-state index < -0.39 is 0 Å². The number of anilines is 1. The number of benzene rings is 1. The Morgan fingerprint density at radius 3 is 3.00 bits per heavy atom. The van der Waals surface area contributed by atoms with Gasteiger partial charge in [-0.15, -0.1) is 0 Å². The van der Waals surface area contributed by atoms with Crippen LogP contribution in [0, 0.1) is 12.7 Å². The van der Waals surface area contributed by atoms with E-state index >= 15 is 0 Å². The molecule has 0 aliphatic carbocycles. The molecule has 3 aromatic rings. The van der Waals surface area contributed by atoms with Crippen LogP contribution in [-0.2, 0) is 6.54 Å². The molecule has 0 unspecified atom stereocenters. The minimum absolute atomic E-state index is 0.268. The van der Waals surface area contributed by atoms with Gasteiger partial charge in [0.25, 0.3) is 0 Å². The Morgan fingerprint density at radius 1 is 1.22 bits per heavy atom. The largest absolute Gasteiger partial charge is 0.308 e. The van der Waals surface area contributed by atoms with Crippen LogP contribution in [0.4, 0.5) is 15.9 Å². The lowest BCUT2D eigenvalue weighted by molar-refractivity contribution is 0.623. The monoisotopic (exact) mass is 308 g/mol. The van der Waals surface area contributed by atoms with Crippen molar-refractivity contribution in [2.24, 2.45) is 4.99 Å². The first-order chi connectivity index (χ1) is 11.2. The molecule has 7 heteroatoms. The van der Waals surface area contributed by atoms with E-state index in [1.54, 1.807) is 12.3 Å². The van der Waals surface area contributed by atoms with Crippen LogP contribution in [0.1, 0.15) is 11.1 Å². The van der Waals surface area contributed by atoms with E-state index in [-0.39, 0.29) is 5.82 Å². The molecule has 0 saturated carbocycles. The average molecular weight is 308 g/mol. The second-order valence-corrected chi connectivity index (χ2v) is 5.75. The summed E-state index contributed by atoms with van der Waals surface area (Å²) in [6.45, 7) is 3.38. The zero-order valence-corrected chi connectivity index (χ0v) is 12.4. The van der Waals surface area contributed by atoms with Crippen molar-refractivity contribution >= 4 is 17.3 Å². The second kappa shape index (κ2) is 4.28. The number of aromatic amines is 1. The van der Waals surface area contributed by atoms with Crippen molar-refractivity contribution in [3.8, 4) is 11.3 Å². The van der Waals surface area contributed by atoms with Crippen LogP contribution in [0.25, 0.3) is 11.3 Å². The van der Waals surface area contributed by atoms with Crippen LogP contribution in [-0.4, -0.2) is 32.4 Å². The summed E-state index contributed by atoms with van der Waals surface area (Å²) in [6, 6.07) is 5.09. The molecular weight excluding hydrogens is 295 g/mol. The van der Waals surface area contributed by atoms with Crippen LogP contribution in [0.15, 0.2) is 35.6 Å². The summed E-state index contributed by atoms with van der Waals surface area (Å²) in [7, 11) is 0. The third-order valence-electron chi connectivity index (χ3n) is 4.42. The van der Waals surface area contributed by atoms with Crippen molar-refractivity contribution in [1.82, 2.24) is 20.0 Å². The van der Waals surface area contributed by atoms with Crippen LogP contribution in [0.2, 0.25) is 0 Å². The molecule has 1 N–H and O–H groups in total. The molecule has 0 saturated heterocycles. The molecule has 0 atom stereocenters. The molecule has 1 aromatic carbocycles. The standard InChI is InChI=1S/C16H13FN6/c1-9-3-2-4-11(17)13(9)15-20-12-8-18-21-14(12)10-7-19-23-6-5-22(15)16(10)23/h2-4,7-8H,5-6H2,1H3,(H,18,21). The summed E-state index contributed by atoms with van der Waals surface area (Å²) in [5.74, 6) is 1.28. The van der Waals surface area contributed by atoms with E-state index in [4.69, 9.17) is 4.99 Å². The maximum absolute atomic E-state index is 14.5. The lowest BCUT2D eigenvalue weighted by Crippen LogP contribution is -2.31. The third-order valence-corrected chi connectivity index (χ3v) is 4.42. The fraction of sp³-hybridized carbons (Fsp3) is 0.188. The van der Waals surface area contributed by atoms with Crippen LogP contribution >= 0.6 is 0 Å². The van der Waals surface area contributed by atoms with Gasteiger partial charge in [0, 0.05) is 6.54 Å². The molecule has 0 radical (unpaired) electrons. The molecule has 0 amide bonds. The number of halogens is 1. The first kappa shape index (κ1) is 12.6. The summed E-state index contributed by atoms with van der Waals surface area (Å²) in [5, 5.41) is 11.5. The molecule has 114 valence electrons. The van der Waals surface area contributed by atoms with Gasteiger partial charge in [-0.1, -0.05) is 12.1 Å². The Morgan fingerprint density at radius 2 is 2.13 bits per heavy atom. The molecule has 2 aliphatic heterocycles. The minimum atomic E-state index is -0.268. The van der Waals surface area contributed by atoms with Gasteiger partial charge < -0.3 is 4.90 Å². The van der Waals surface area contributed by atoms with Gasteiger partial charge in [-0.2, -0.15) is 10.2 Å². The normalized spacial score (nSPS) is 15.2. The summed E-state index contributed by atoms with van der Waals surface area (Å²) in [4.78, 5) is 6.77. The van der Waals surface area contributed by atoms with Crippen molar-refractivity contribution in [1.29, 1.82) is 0 Å². The van der Waals surface area contributed by atoms with Gasteiger partial charge in [-0.3, -0.25) is 5.10 Å². The van der Waals surface area contributed by atoms with Gasteiger partial charge in [-0.25, -0.2) is 14.1 Å². The molecule has 23 heavy (non-hydrogen) atoms. The van der Waals surface area contributed by atoms with E-state index in [0.29, 0.717) is 17.1 Å². The van der Waals surface area contributed by atoms with Crippen molar-refractivity contribution in [2.75, 3.05) is 11.4 Å². The minimum Gasteiger partial charge on any atom is -0.308 e.